The minimum absolute atomic E-state index is 0.227. The van der Waals surface area contributed by atoms with Crippen molar-refractivity contribution >= 4 is 22.6 Å². The van der Waals surface area contributed by atoms with Crippen LogP contribution < -0.4 is 5.32 Å². The molecular formula is C28H27N5O2. The SMILES string of the molecule is CCn1cc(NC(=O)c2ccc3nc(C(O)(c4ccccc4)c4ccccc4)n(CC)c3c2)cn1. The van der Waals surface area contributed by atoms with Gasteiger partial charge in [0.2, 0.25) is 0 Å². The van der Waals surface area contributed by atoms with E-state index in [2.05, 4.69) is 10.4 Å². The molecule has 5 rings (SSSR count). The summed E-state index contributed by atoms with van der Waals surface area (Å²) in [6.07, 6.45) is 3.43. The third-order valence-electron chi connectivity index (χ3n) is 6.25. The molecule has 2 aromatic heterocycles. The molecule has 0 radical (unpaired) electrons. The molecule has 0 bridgehead atoms. The fraction of sp³-hybridized carbons (Fsp3) is 0.179. The first-order valence-electron chi connectivity index (χ1n) is 11.7. The lowest BCUT2D eigenvalue weighted by Gasteiger charge is -2.29. The van der Waals surface area contributed by atoms with Crippen LogP contribution in [0.3, 0.4) is 0 Å². The third-order valence-corrected chi connectivity index (χ3v) is 6.25. The minimum Gasteiger partial charge on any atom is -0.373 e. The smallest absolute Gasteiger partial charge is 0.255 e. The fourth-order valence-corrected chi connectivity index (χ4v) is 4.45. The predicted molar refractivity (Wildman–Crippen MR) is 136 cm³/mol. The van der Waals surface area contributed by atoms with Gasteiger partial charge in [0, 0.05) is 24.8 Å². The number of imidazole rings is 1. The van der Waals surface area contributed by atoms with Crippen molar-refractivity contribution in [2.75, 3.05) is 5.32 Å². The van der Waals surface area contributed by atoms with Gasteiger partial charge in [-0.25, -0.2) is 4.98 Å². The number of aryl methyl sites for hydroxylation is 2. The number of aliphatic hydroxyl groups is 1. The first-order valence-corrected chi connectivity index (χ1v) is 11.7. The summed E-state index contributed by atoms with van der Waals surface area (Å²) in [4.78, 5) is 17.8. The fourth-order valence-electron chi connectivity index (χ4n) is 4.45. The molecule has 2 N–H and O–H groups in total. The quantitative estimate of drug-likeness (QED) is 0.361. The van der Waals surface area contributed by atoms with Gasteiger partial charge in [-0.15, -0.1) is 0 Å². The summed E-state index contributed by atoms with van der Waals surface area (Å²) in [6.45, 7) is 5.29. The molecule has 176 valence electrons. The normalized spacial score (nSPS) is 11.6. The highest BCUT2D eigenvalue weighted by Gasteiger charge is 2.38. The molecule has 5 aromatic rings. The second-order valence-corrected chi connectivity index (χ2v) is 8.36. The highest BCUT2D eigenvalue weighted by Crippen LogP contribution is 2.37. The molecule has 0 spiro atoms. The second-order valence-electron chi connectivity index (χ2n) is 8.36. The van der Waals surface area contributed by atoms with E-state index in [0.717, 1.165) is 23.2 Å². The molecule has 3 aromatic carbocycles. The number of rotatable bonds is 7. The molecule has 0 saturated carbocycles. The first-order chi connectivity index (χ1) is 17.0. The number of carbonyl (C=O) groups excluding carboxylic acids is 1. The topological polar surface area (TPSA) is 85.0 Å². The summed E-state index contributed by atoms with van der Waals surface area (Å²) in [5, 5.41) is 19.4. The van der Waals surface area contributed by atoms with Crippen LogP contribution in [0.4, 0.5) is 5.69 Å². The van der Waals surface area contributed by atoms with E-state index in [4.69, 9.17) is 4.98 Å². The van der Waals surface area contributed by atoms with Crippen molar-refractivity contribution in [3.8, 4) is 0 Å². The van der Waals surface area contributed by atoms with Crippen LogP contribution in [0.2, 0.25) is 0 Å². The summed E-state index contributed by atoms with van der Waals surface area (Å²) in [5.74, 6) is 0.281. The number of nitrogens with one attached hydrogen (secondary N) is 1. The Balaban J connectivity index is 1.62. The number of fused-ring (bicyclic) bond motifs is 1. The van der Waals surface area contributed by atoms with Crippen molar-refractivity contribution < 1.29 is 9.90 Å². The van der Waals surface area contributed by atoms with Crippen molar-refractivity contribution in [1.82, 2.24) is 19.3 Å². The van der Waals surface area contributed by atoms with Crippen molar-refractivity contribution in [2.45, 2.75) is 32.5 Å². The van der Waals surface area contributed by atoms with Crippen LogP contribution in [-0.4, -0.2) is 30.3 Å². The van der Waals surface area contributed by atoms with Gasteiger partial charge in [-0.2, -0.15) is 5.10 Å². The molecule has 0 aliphatic carbocycles. The lowest BCUT2D eigenvalue weighted by molar-refractivity contribution is 0.102. The summed E-state index contributed by atoms with van der Waals surface area (Å²) in [6, 6.07) is 24.5. The summed E-state index contributed by atoms with van der Waals surface area (Å²) in [7, 11) is 0. The molecule has 0 aliphatic heterocycles. The first kappa shape index (κ1) is 22.6. The van der Waals surface area contributed by atoms with Crippen LogP contribution in [0, 0.1) is 0 Å². The number of benzene rings is 3. The molecule has 0 unspecified atom stereocenters. The third kappa shape index (κ3) is 4.00. The van der Waals surface area contributed by atoms with Crippen LogP contribution >= 0.6 is 0 Å². The predicted octanol–water partition coefficient (Wildman–Crippen LogP) is 4.81. The average Bonchev–Trinajstić information content (AvgIpc) is 3.53. The number of carbonyl (C=O) groups is 1. The summed E-state index contributed by atoms with van der Waals surface area (Å²) in [5.41, 5.74) is 2.63. The second kappa shape index (κ2) is 9.19. The van der Waals surface area contributed by atoms with E-state index in [-0.39, 0.29) is 5.91 Å². The van der Waals surface area contributed by atoms with Crippen LogP contribution in [0.15, 0.2) is 91.3 Å². The Morgan fingerprint density at radius 1 is 0.943 bits per heavy atom. The van der Waals surface area contributed by atoms with Crippen molar-refractivity contribution in [1.29, 1.82) is 0 Å². The number of hydrogen-bond acceptors (Lipinski definition) is 4. The number of amides is 1. The van der Waals surface area contributed by atoms with Gasteiger partial charge in [0.25, 0.3) is 5.91 Å². The van der Waals surface area contributed by atoms with Crippen molar-refractivity contribution in [2.24, 2.45) is 0 Å². The molecule has 2 heterocycles. The van der Waals surface area contributed by atoms with E-state index < -0.39 is 5.60 Å². The Kier molecular flexibility index (Phi) is 5.93. The molecule has 0 saturated heterocycles. The van der Waals surface area contributed by atoms with Gasteiger partial charge in [0.05, 0.1) is 22.9 Å². The van der Waals surface area contributed by atoms with Crippen LogP contribution in [0.1, 0.15) is 41.2 Å². The number of hydrogen-bond donors (Lipinski definition) is 2. The van der Waals surface area contributed by atoms with E-state index >= 15 is 0 Å². The van der Waals surface area contributed by atoms with Crippen molar-refractivity contribution in [3.05, 3.63) is 114 Å². The molecule has 0 aliphatic rings. The zero-order valence-corrected chi connectivity index (χ0v) is 19.7. The maximum Gasteiger partial charge on any atom is 0.255 e. The van der Waals surface area contributed by atoms with Gasteiger partial charge < -0.3 is 15.0 Å². The van der Waals surface area contributed by atoms with Crippen LogP contribution in [-0.2, 0) is 18.7 Å². The maximum absolute atomic E-state index is 13.0. The summed E-state index contributed by atoms with van der Waals surface area (Å²) >= 11 is 0. The highest BCUT2D eigenvalue weighted by atomic mass is 16.3. The van der Waals surface area contributed by atoms with Gasteiger partial charge in [0.15, 0.2) is 11.4 Å². The van der Waals surface area contributed by atoms with E-state index in [9.17, 15) is 9.90 Å². The van der Waals surface area contributed by atoms with Crippen LogP contribution in [0.5, 0.6) is 0 Å². The summed E-state index contributed by atoms with van der Waals surface area (Å²) < 4.78 is 3.73. The van der Waals surface area contributed by atoms with E-state index in [1.54, 1.807) is 23.1 Å². The van der Waals surface area contributed by atoms with E-state index in [1.165, 1.54) is 0 Å². The van der Waals surface area contributed by atoms with Gasteiger partial charge >= 0.3 is 0 Å². The average molecular weight is 466 g/mol. The lowest BCUT2D eigenvalue weighted by Crippen LogP contribution is -2.32. The number of aromatic nitrogens is 4. The zero-order chi connectivity index (χ0) is 24.4. The highest BCUT2D eigenvalue weighted by molar-refractivity contribution is 6.05. The Morgan fingerprint density at radius 3 is 2.17 bits per heavy atom. The van der Waals surface area contributed by atoms with E-state index in [1.807, 2.05) is 91.2 Å². The Labute approximate surface area is 203 Å². The van der Waals surface area contributed by atoms with Crippen molar-refractivity contribution in [3.63, 3.8) is 0 Å². The molecule has 7 nitrogen and oxygen atoms in total. The molecule has 0 fully saturated rings. The van der Waals surface area contributed by atoms with Gasteiger partial charge in [-0.3, -0.25) is 9.48 Å². The zero-order valence-electron chi connectivity index (χ0n) is 19.7. The standard InChI is InChI=1S/C28H27N5O2/c1-3-32-19-23(18-29-32)30-26(34)20-15-16-24-25(17-20)33(4-2)27(31-24)28(35,21-11-7-5-8-12-21)22-13-9-6-10-14-22/h5-19,35H,3-4H2,1-2H3,(H,30,34). The lowest BCUT2D eigenvalue weighted by atomic mass is 9.85. The number of anilines is 1. The molecule has 0 atom stereocenters. The van der Waals surface area contributed by atoms with Gasteiger partial charge in [-0.1, -0.05) is 60.7 Å². The Bertz CT molecular complexity index is 1430. The van der Waals surface area contributed by atoms with E-state index in [0.29, 0.717) is 29.1 Å². The molecule has 1 amide bonds. The molecule has 35 heavy (non-hydrogen) atoms. The Morgan fingerprint density at radius 2 is 1.60 bits per heavy atom. The molecule has 7 heteroatoms. The Hall–Kier alpha value is -4.23. The van der Waals surface area contributed by atoms with Gasteiger partial charge in [-0.05, 0) is 43.2 Å². The monoisotopic (exact) mass is 465 g/mol. The largest absolute Gasteiger partial charge is 0.373 e. The molecular weight excluding hydrogens is 438 g/mol. The number of nitrogens with zero attached hydrogens (tertiary/aromatic N) is 4. The van der Waals surface area contributed by atoms with Gasteiger partial charge in [0.1, 0.15) is 0 Å². The van der Waals surface area contributed by atoms with Crippen LogP contribution in [0.25, 0.3) is 11.0 Å². The minimum atomic E-state index is -1.46. The maximum atomic E-state index is 13.0.